The van der Waals surface area contributed by atoms with Crippen LogP contribution in [0.15, 0.2) is 24.5 Å². The van der Waals surface area contributed by atoms with Gasteiger partial charge in [0.05, 0.1) is 0 Å². The van der Waals surface area contributed by atoms with Crippen LogP contribution in [0, 0.1) is 11.8 Å². The van der Waals surface area contributed by atoms with Crippen LogP contribution in [-0.2, 0) is 6.54 Å². The van der Waals surface area contributed by atoms with E-state index in [0.717, 1.165) is 18.4 Å². The van der Waals surface area contributed by atoms with E-state index in [2.05, 4.69) is 30.2 Å². The number of pyridine rings is 1. The van der Waals surface area contributed by atoms with Crippen molar-refractivity contribution < 1.29 is 0 Å². The Kier molecular flexibility index (Phi) is 3.37. The van der Waals surface area contributed by atoms with Crippen LogP contribution in [0.5, 0.6) is 0 Å². The van der Waals surface area contributed by atoms with Crippen LogP contribution in [0.3, 0.4) is 0 Å². The zero-order valence-corrected chi connectivity index (χ0v) is 9.61. The molecule has 2 rings (SSSR count). The molecule has 0 aromatic carbocycles. The molecule has 82 valence electrons. The van der Waals surface area contributed by atoms with Crippen molar-refractivity contribution in [1.82, 2.24) is 10.3 Å². The Morgan fingerprint density at radius 1 is 1.40 bits per heavy atom. The van der Waals surface area contributed by atoms with Gasteiger partial charge in [-0.05, 0) is 36.3 Å². The Bertz CT molecular complexity index is 297. The van der Waals surface area contributed by atoms with Gasteiger partial charge in [0.2, 0.25) is 0 Å². The van der Waals surface area contributed by atoms with Crippen LogP contribution < -0.4 is 5.32 Å². The van der Waals surface area contributed by atoms with Crippen LogP contribution in [0.25, 0.3) is 0 Å². The summed E-state index contributed by atoms with van der Waals surface area (Å²) in [5.41, 5.74) is 1.28. The highest BCUT2D eigenvalue weighted by Crippen LogP contribution is 2.31. The molecule has 0 radical (unpaired) electrons. The fourth-order valence-electron chi connectivity index (χ4n) is 2.40. The SMILES string of the molecule is CC1CCC(NCc2cccnc2)C1C. The molecule has 15 heavy (non-hydrogen) atoms. The van der Waals surface area contributed by atoms with Gasteiger partial charge in [-0.3, -0.25) is 4.98 Å². The number of hydrogen-bond acceptors (Lipinski definition) is 2. The molecule has 1 saturated carbocycles. The van der Waals surface area contributed by atoms with Crippen LogP contribution in [-0.4, -0.2) is 11.0 Å². The number of aromatic nitrogens is 1. The first-order valence-electron chi connectivity index (χ1n) is 5.89. The van der Waals surface area contributed by atoms with Crippen molar-refractivity contribution in [3.05, 3.63) is 30.1 Å². The summed E-state index contributed by atoms with van der Waals surface area (Å²) in [6, 6.07) is 4.82. The molecule has 2 nitrogen and oxygen atoms in total. The van der Waals surface area contributed by atoms with Crippen molar-refractivity contribution >= 4 is 0 Å². The lowest BCUT2D eigenvalue weighted by atomic mass is 9.98. The summed E-state index contributed by atoms with van der Waals surface area (Å²) in [6.45, 7) is 5.67. The van der Waals surface area contributed by atoms with Gasteiger partial charge < -0.3 is 5.32 Å². The molecule has 1 aromatic rings. The molecule has 3 unspecified atom stereocenters. The first-order valence-corrected chi connectivity index (χ1v) is 5.89. The number of rotatable bonds is 3. The molecule has 1 aliphatic carbocycles. The maximum absolute atomic E-state index is 4.12. The van der Waals surface area contributed by atoms with Crippen LogP contribution in [0.4, 0.5) is 0 Å². The summed E-state index contributed by atoms with van der Waals surface area (Å²) in [5, 5.41) is 3.64. The third kappa shape index (κ3) is 2.57. The van der Waals surface area contributed by atoms with Crippen molar-refractivity contribution in [1.29, 1.82) is 0 Å². The zero-order valence-electron chi connectivity index (χ0n) is 9.61. The Morgan fingerprint density at radius 2 is 2.27 bits per heavy atom. The molecule has 0 amide bonds. The highest BCUT2D eigenvalue weighted by molar-refractivity contribution is 5.08. The van der Waals surface area contributed by atoms with Gasteiger partial charge in [0.1, 0.15) is 0 Å². The second-order valence-corrected chi connectivity index (χ2v) is 4.76. The number of nitrogens with one attached hydrogen (secondary N) is 1. The van der Waals surface area contributed by atoms with E-state index in [0.29, 0.717) is 6.04 Å². The van der Waals surface area contributed by atoms with E-state index in [9.17, 15) is 0 Å². The molecule has 1 aromatic heterocycles. The summed E-state index contributed by atoms with van der Waals surface area (Å²) in [7, 11) is 0. The van der Waals surface area contributed by atoms with E-state index in [1.807, 2.05) is 18.5 Å². The standard InChI is InChI=1S/C13H20N2/c1-10-5-6-13(11(10)2)15-9-12-4-3-7-14-8-12/h3-4,7-8,10-11,13,15H,5-6,9H2,1-2H3. The third-order valence-corrected chi connectivity index (χ3v) is 3.76. The average Bonchev–Trinajstić information content (AvgIpc) is 2.59. The summed E-state index contributed by atoms with van der Waals surface area (Å²) in [4.78, 5) is 4.12. The van der Waals surface area contributed by atoms with E-state index >= 15 is 0 Å². The van der Waals surface area contributed by atoms with Gasteiger partial charge in [0, 0.05) is 25.0 Å². The topological polar surface area (TPSA) is 24.9 Å². The molecule has 2 heteroatoms. The zero-order chi connectivity index (χ0) is 10.7. The number of nitrogens with zero attached hydrogens (tertiary/aromatic N) is 1. The second-order valence-electron chi connectivity index (χ2n) is 4.76. The molecule has 1 fully saturated rings. The largest absolute Gasteiger partial charge is 0.310 e. The van der Waals surface area contributed by atoms with Crippen molar-refractivity contribution in [3.63, 3.8) is 0 Å². The van der Waals surface area contributed by atoms with E-state index < -0.39 is 0 Å². The molecule has 3 atom stereocenters. The first kappa shape index (κ1) is 10.6. The quantitative estimate of drug-likeness (QED) is 0.818. The second kappa shape index (κ2) is 4.75. The smallest absolute Gasteiger partial charge is 0.0312 e. The van der Waals surface area contributed by atoms with Crippen LogP contribution in [0.2, 0.25) is 0 Å². The summed E-state index contributed by atoms with van der Waals surface area (Å²) >= 11 is 0. The highest BCUT2D eigenvalue weighted by Gasteiger charge is 2.28. The Balaban J connectivity index is 1.84. The Morgan fingerprint density at radius 3 is 2.87 bits per heavy atom. The fraction of sp³-hybridized carbons (Fsp3) is 0.615. The van der Waals surface area contributed by atoms with Crippen LogP contribution in [0.1, 0.15) is 32.3 Å². The van der Waals surface area contributed by atoms with Crippen molar-refractivity contribution in [2.75, 3.05) is 0 Å². The minimum absolute atomic E-state index is 0.695. The van der Waals surface area contributed by atoms with Gasteiger partial charge in [0.15, 0.2) is 0 Å². The molecule has 1 heterocycles. The Labute approximate surface area is 92.1 Å². The summed E-state index contributed by atoms with van der Waals surface area (Å²) < 4.78 is 0. The minimum Gasteiger partial charge on any atom is -0.310 e. The lowest BCUT2D eigenvalue weighted by Gasteiger charge is -2.19. The maximum atomic E-state index is 4.12. The minimum atomic E-state index is 0.695. The lowest BCUT2D eigenvalue weighted by molar-refractivity contribution is 0.369. The van der Waals surface area contributed by atoms with Crippen molar-refractivity contribution in [2.45, 2.75) is 39.3 Å². The highest BCUT2D eigenvalue weighted by atomic mass is 14.9. The molecule has 0 saturated heterocycles. The fourth-order valence-corrected chi connectivity index (χ4v) is 2.40. The summed E-state index contributed by atoms with van der Waals surface area (Å²) in [5.74, 6) is 1.68. The van der Waals surface area contributed by atoms with E-state index in [1.54, 1.807) is 0 Å². The van der Waals surface area contributed by atoms with Crippen molar-refractivity contribution in [2.24, 2.45) is 11.8 Å². The molecule has 0 spiro atoms. The maximum Gasteiger partial charge on any atom is 0.0312 e. The van der Waals surface area contributed by atoms with E-state index in [1.165, 1.54) is 18.4 Å². The van der Waals surface area contributed by atoms with Gasteiger partial charge in [-0.1, -0.05) is 19.9 Å². The van der Waals surface area contributed by atoms with Gasteiger partial charge in [-0.25, -0.2) is 0 Å². The normalized spacial score (nSPS) is 30.7. The summed E-state index contributed by atoms with van der Waals surface area (Å²) in [6.07, 6.45) is 6.45. The lowest BCUT2D eigenvalue weighted by Crippen LogP contribution is -2.31. The van der Waals surface area contributed by atoms with Gasteiger partial charge in [0.25, 0.3) is 0 Å². The van der Waals surface area contributed by atoms with Gasteiger partial charge in [-0.2, -0.15) is 0 Å². The van der Waals surface area contributed by atoms with E-state index in [4.69, 9.17) is 0 Å². The first-order chi connectivity index (χ1) is 7.27. The van der Waals surface area contributed by atoms with Crippen LogP contribution >= 0.6 is 0 Å². The predicted octanol–water partition coefficient (Wildman–Crippen LogP) is 2.61. The molecular formula is C13H20N2. The monoisotopic (exact) mass is 204 g/mol. The van der Waals surface area contributed by atoms with Crippen molar-refractivity contribution in [3.8, 4) is 0 Å². The third-order valence-electron chi connectivity index (χ3n) is 3.76. The molecule has 0 aliphatic heterocycles. The number of hydrogen-bond donors (Lipinski definition) is 1. The van der Waals surface area contributed by atoms with Gasteiger partial charge in [-0.15, -0.1) is 0 Å². The molecular weight excluding hydrogens is 184 g/mol. The van der Waals surface area contributed by atoms with E-state index in [-0.39, 0.29) is 0 Å². The molecule has 1 N–H and O–H groups in total. The average molecular weight is 204 g/mol. The van der Waals surface area contributed by atoms with Gasteiger partial charge >= 0.3 is 0 Å². The molecule has 0 bridgehead atoms. The molecule has 1 aliphatic rings. The predicted molar refractivity (Wildman–Crippen MR) is 62.4 cm³/mol. The Hall–Kier alpha value is -0.890.